The highest BCUT2D eigenvalue weighted by Gasteiger charge is 2.11. The quantitative estimate of drug-likeness (QED) is 0.519. The molecule has 3 aromatic rings. The second-order valence-corrected chi connectivity index (χ2v) is 7.50. The molecule has 2 N–H and O–H groups in total. The summed E-state index contributed by atoms with van der Waals surface area (Å²) in [5.74, 6) is -1.42. The van der Waals surface area contributed by atoms with Gasteiger partial charge in [0, 0.05) is 17.0 Å². The summed E-state index contributed by atoms with van der Waals surface area (Å²) in [4.78, 5) is 36.8. The number of hydrogen-bond acceptors (Lipinski definition) is 5. The van der Waals surface area contributed by atoms with Crippen LogP contribution in [0, 0.1) is 0 Å². The van der Waals surface area contributed by atoms with Crippen molar-refractivity contribution in [3.05, 3.63) is 82.6 Å². The van der Waals surface area contributed by atoms with Crippen LogP contribution < -0.4 is 10.6 Å². The molecule has 2 aromatic carbocycles. The lowest BCUT2D eigenvalue weighted by molar-refractivity contribution is -0.147. The Bertz CT molecular complexity index is 970. The highest BCUT2D eigenvalue weighted by atomic mass is 32.1. The fourth-order valence-corrected chi connectivity index (χ4v) is 3.44. The van der Waals surface area contributed by atoms with E-state index in [1.54, 1.807) is 23.5 Å². The van der Waals surface area contributed by atoms with Crippen molar-refractivity contribution in [2.75, 3.05) is 19.7 Å². The minimum Gasteiger partial charge on any atom is -0.454 e. The summed E-state index contributed by atoms with van der Waals surface area (Å²) >= 11 is 1.62. The molecule has 0 saturated heterocycles. The van der Waals surface area contributed by atoms with E-state index in [4.69, 9.17) is 4.74 Å². The van der Waals surface area contributed by atoms with E-state index in [0.717, 1.165) is 17.5 Å². The minimum atomic E-state index is -0.669. The van der Waals surface area contributed by atoms with Crippen LogP contribution in [0.25, 0.3) is 11.1 Å². The van der Waals surface area contributed by atoms with Crippen LogP contribution >= 0.6 is 11.3 Å². The number of nitrogens with one attached hydrogen (secondary N) is 2. The average molecular weight is 423 g/mol. The van der Waals surface area contributed by atoms with Gasteiger partial charge < -0.3 is 15.4 Å². The Morgan fingerprint density at radius 2 is 1.57 bits per heavy atom. The Morgan fingerprint density at radius 3 is 2.27 bits per heavy atom. The molecule has 6 nitrogen and oxygen atoms in total. The van der Waals surface area contributed by atoms with E-state index >= 15 is 0 Å². The van der Waals surface area contributed by atoms with Crippen molar-refractivity contribution >= 4 is 29.1 Å². The molecule has 154 valence electrons. The number of ether oxygens (including phenoxy) is 1. The molecule has 0 aliphatic rings. The van der Waals surface area contributed by atoms with Crippen LogP contribution in [0.1, 0.15) is 15.2 Å². The van der Waals surface area contributed by atoms with E-state index in [0.29, 0.717) is 12.1 Å². The van der Waals surface area contributed by atoms with Gasteiger partial charge in [-0.25, -0.2) is 0 Å². The van der Waals surface area contributed by atoms with Crippen LogP contribution in [0.5, 0.6) is 0 Å². The fourth-order valence-electron chi connectivity index (χ4n) is 2.73. The molecule has 0 radical (unpaired) electrons. The maximum Gasteiger partial charge on any atom is 0.325 e. The van der Waals surface area contributed by atoms with Gasteiger partial charge in [-0.1, -0.05) is 48.5 Å². The number of carbonyl (C=O) groups excluding carboxylic acids is 3. The van der Waals surface area contributed by atoms with E-state index in [9.17, 15) is 14.4 Å². The first-order valence-corrected chi connectivity index (χ1v) is 10.4. The zero-order valence-electron chi connectivity index (χ0n) is 16.3. The Hall–Kier alpha value is -3.45. The van der Waals surface area contributed by atoms with Gasteiger partial charge in [0.05, 0.1) is 0 Å². The molecule has 0 unspecified atom stereocenters. The molecule has 0 bridgehead atoms. The average Bonchev–Trinajstić information content (AvgIpc) is 3.30. The summed E-state index contributed by atoms with van der Waals surface area (Å²) in [5, 5.41) is 7.17. The lowest BCUT2D eigenvalue weighted by Crippen LogP contribution is -2.34. The summed E-state index contributed by atoms with van der Waals surface area (Å²) in [6, 6.07) is 20.9. The van der Waals surface area contributed by atoms with Gasteiger partial charge in [0.15, 0.2) is 6.61 Å². The maximum atomic E-state index is 12.2. The molecule has 30 heavy (non-hydrogen) atoms. The van der Waals surface area contributed by atoms with Gasteiger partial charge >= 0.3 is 5.97 Å². The van der Waals surface area contributed by atoms with Crippen molar-refractivity contribution in [3.8, 4) is 11.1 Å². The second kappa shape index (κ2) is 10.9. The summed E-state index contributed by atoms with van der Waals surface area (Å²) in [6.07, 6.45) is 0.733. The lowest BCUT2D eigenvalue weighted by Gasteiger charge is -2.08. The molecule has 0 saturated carbocycles. The molecule has 3 rings (SSSR count). The Morgan fingerprint density at radius 1 is 0.833 bits per heavy atom. The molecule has 0 fully saturated rings. The molecule has 0 aliphatic heterocycles. The third-order valence-electron chi connectivity index (χ3n) is 4.29. The fraction of sp³-hybridized carbons (Fsp3) is 0.174. The van der Waals surface area contributed by atoms with E-state index in [2.05, 4.69) is 10.6 Å². The SMILES string of the molecule is O=C(COC(=O)CNC(=O)c1ccc(-c2ccccc2)cc1)NCCc1cccs1. The van der Waals surface area contributed by atoms with E-state index in [1.165, 1.54) is 4.88 Å². The molecule has 1 aromatic heterocycles. The first-order chi connectivity index (χ1) is 14.6. The Labute approximate surface area is 178 Å². The van der Waals surface area contributed by atoms with Gasteiger partial charge in [-0.2, -0.15) is 0 Å². The van der Waals surface area contributed by atoms with Gasteiger partial charge in [-0.3, -0.25) is 14.4 Å². The van der Waals surface area contributed by atoms with Crippen molar-refractivity contribution in [1.82, 2.24) is 10.6 Å². The third-order valence-corrected chi connectivity index (χ3v) is 5.22. The van der Waals surface area contributed by atoms with Gasteiger partial charge in [-0.05, 0) is 41.1 Å². The third kappa shape index (κ3) is 6.56. The van der Waals surface area contributed by atoms with Gasteiger partial charge in [-0.15, -0.1) is 11.3 Å². The molecule has 0 atom stereocenters. The summed E-state index contributed by atoms with van der Waals surface area (Å²) < 4.78 is 4.89. The van der Waals surface area contributed by atoms with Crippen LogP contribution in [0.3, 0.4) is 0 Å². The Balaban J connectivity index is 1.35. The standard InChI is InChI=1S/C23H22N2O4S/c26-21(24-13-12-20-7-4-14-30-20)16-29-22(27)15-25-23(28)19-10-8-18(9-11-19)17-5-2-1-3-6-17/h1-11,14H,12-13,15-16H2,(H,24,26)(H,25,28). The number of rotatable bonds is 9. The molecular formula is C23H22N2O4S. The van der Waals surface area contributed by atoms with E-state index in [-0.39, 0.29) is 25.0 Å². The predicted octanol–water partition coefficient (Wildman–Crippen LogP) is 3.05. The predicted molar refractivity (Wildman–Crippen MR) is 116 cm³/mol. The lowest BCUT2D eigenvalue weighted by atomic mass is 10.0. The summed E-state index contributed by atoms with van der Waals surface area (Å²) in [6.45, 7) is -0.195. The van der Waals surface area contributed by atoms with Crippen LogP contribution in [0.15, 0.2) is 72.1 Å². The number of carbonyl (C=O) groups is 3. The first kappa shape index (κ1) is 21.3. The second-order valence-electron chi connectivity index (χ2n) is 6.47. The monoisotopic (exact) mass is 422 g/mol. The molecule has 2 amide bonds. The van der Waals surface area contributed by atoms with Crippen LogP contribution in [0.2, 0.25) is 0 Å². The first-order valence-electron chi connectivity index (χ1n) is 9.50. The van der Waals surface area contributed by atoms with Crippen LogP contribution in [-0.2, 0) is 20.7 Å². The minimum absolute atomic E-state index is 0.304. The van der Waals surface area contributed by atoms with Crippen molar-refractivity contribution in [1.29, 1.82) is 0 Å². The van der Waals surface area contributed by atoms with Crippen LogP contribution in [-0.4, -0.2) is 37.5 Å². The van der Waals surface area contributed by atoms with E-state index in [1.807, 2.05) is 60.0 Å². The van der Waals surface area contributed by atoms with Gasteiger partial charge in [0.2, 0.25) is 0 Å². The number of amides is 2. The van der Waals surface area contributed by atoms with Crippen molar-refractivity contribution < 1.29 is 19.1 Å². The Kier molecular flexibility index (Phi) is 7.74. The largest absolute Gasteiger partial charge is 0.454 e. The number of esters is 1. The zero-order chi connectivity index (χ0) is 21.2. The van der Waals surface area contributed by atoms with Crippen molar-refractivity contribution in [2.24, 2.45) is 0 Å². The van der Waals surface area contributed by atoms with Crippen LogP contribution in [0.4, 0.5) is 0 Å². The highest BCUT2D eigenvalue weighted by molar-refractivity contribution is 7.09. The number of benzene rings is 2. The molecule has 1 heterocycles. The van der Waals surface area contributed by atoms with Gasteiger partial charge in [0.25, 0.3) is 11.8 Å². The summed E-state index contributed by atoms with van der Waals surface area (Å²) in [7, 11) is 0. The molecule has 0 aliphatic carbocycles. The number of hydrogen-bond donors (Lipinski definition) is 2. The van der Waals surface area contributed by atoms with Crippen molar-refractivity contribution in [2.45, 2.75) is 6.42 Å². The topological polar surface area (TPSA) is 84.5 Å². The molecule has 7 heteroatoms. The molecular weight excluding hydrogens is 400 g/mol. The normalized spacial score (nSPS) is 10.3. The van der Waals surface area contributed by atoms with Crippen molar-refractivity contribution in [3.63, 3.8) is 0 Å². The summed E-state index contributed by atoms with van der Waals surface area (Å²) in [5.41, 5.74) is 2.49. The zero-order valence-corrected chi connectivity index (χ0v) is 17.1. The smallest absolute Gasteiger partial charge is 0.325 e. The molecule has 0 spiro atoms. The maximum absolute atomic E-state index is 12.2. The number of thiophene rings is 1. The van der Waals surface area contributed by atoms with E-state index < -0.39 is 5.97 Å². The highest BCUT2D eigenvalue weighted by Crippen LogP contribution is 2.19. The van der Waals surface area contributed by atoms with Gasteiger partial charge in [0.1, 0.15) is 6.54 Å².